The Bertz CT molecular complexity index is 1140. The SMILES string of the molecule is CSCCOC(=O)C1=C(C)NC(C)=C(C(=O)CS(=O)(=O)NC(C)C)C1c1cccc([N+](=O)[O-])c1. The highest BCUT2D eigenvalue weighted by Gasteiger charge is 2.38. The monoisotopic (exact) mass is 511 g/mol. The van der Waals surface area contributed by atoms with Gasteiger partial charge in [0.15, 0.2) is 5.78 Å². The Labute approximate surface area is 203 Å². The number of Topliss-reactive ketones (excluding diaryl/α,β-unsaturated/α-hetero) is 1. The van der Waals surface area contributed by atoms with E-state index in [0.29, 0.717) is 22.7 Å². The predicted molar refractivity (Wildman–Crippen MR) is 131 cm³/mol. The maximum atomic E-state index is 13.3. The first kappa shape index (κ1) is 27.5. The first-order valence-electron chi connectivity index (χ1n) is 10.5. The highest BCUT2D eigenvalue weighted by atomic mass is 32.2. The van der Waals surface area contributed by atoms with E-state index in [-0.39, 0.29) is 23.4 Å². The van der Waals surface area contributed by atoms with Gasteiger partial charge in [-0.25, -0.2) is 17.9 Å². The van der Waals surface area contributed by atoms with Gasteiger partial charge in [0.25, 0.3) is 5.69 Å². The molecule has 2 rings (SSSR count). The molecule has 10 nitrogen and oxygen atoms in total. The highest BCUT2D eigenvalue weighted by molar-refractivity contribution is 7.98. The number of carbonyl (C=O) groups is 2. The summed E-state index contributed by atoms with van der Waals surface area (Å²) in [5.74, 6) is -2.72. The molecule has 1 aromatic rings. The Morgan fingerprint density at radius 1 is 1.24 bits per heavy atom. The molecule has 2 N–H and O–H groups in total. The van der Waals surface area contributed by atoms with Gasteiger partial charge in [-0.2, -0.15) is 11.8 Å². The molecule has 0 aromatic heterocycles. The number of nitro groups is 1. The average Bonchev–Trinajstić information content (AvgIpc) is 2.71. The lowest BCUT2D eigenvalue weighted by Gasteiger charge is -2.31. The molecule has 12 heteroatoms. The van der Waals surface area contributed by atoms with Crippen LogP contribution >= 0.6 is 11.8 Å². The maximum Gasteiger partial charge on any atom is 0.336 e. The van der Waals surface area contributed by atoms with Crippen LogP contribution in [0.25, 0.3) is 0 Å². The van der Waals surface area contributed by atoms with E-state index in [0.717, 1.165) is 0 Å². The first-order chi connectivity index (χ1) is 15.9. The Morgan fingerprint density at radius 3 is 2.47 bits per heavy atom. The fraction of sp³-hybridized carbons (Fsp3) is 0.455. The molecule has 0 amide bonds. The molecule has 0 bridgehead atoms. The zero-order chi connectivity index (χ0) is 25.6. The maximum absolute atomic E-state index is 13.3. The number of ether oxygens (including phenoxy) is 1. The van der Waals surface area contributed by atoms with Gasteiger partial charge in [0.05, 0.1) is 10.5 Å². The van der Waals surface area contributed by atoms with Crippen LogP contribution in [-0.2, 0) is 24.3 Å². The molecule has 0 radical (unpaired) electrons. The van der Waals surface area contributed by atoms with E-state index < -0.39 is 44.4 Å². The minimum atomic E-state index is -3.95. The number of allylic oxidation sites excluding steroid dienone is 3. The summed E-state index contributed by atoms with van der Waals surface area (Å²) in [5, 5.41) is 14.4. The molecule has 0 saturated heterocycles. The third-order valence-corrected chi connectivity index (χ3v) is 7.00. The van der Waals surface area contributed by atoms with Crippen molar-refractivity contribution in [2.24, 2.45) is 0 Å². The van der Waals surface area contributed by atoms with E-state index in [2.05, 4.69) is 10.0 Å². The molecule has 0 aliphatic carbocycles. The van der Waals surface area contributed by atoms with Crippen LogP contribution in [0.2, 0.25) is 0 Å². The molecule has 1 unspecified atom stereocenters. The average molecular weight is 512 g/mol. The van der Waals surface area contributed by atoms with Gasteiger partial charge < -0.3 is 10.1 Å². The zero-order valence-corrected chi connectivity index (χ0v) is 21.3. The minimum absolute atomic E-state index is 0.0389. The van der Waals surface area contributed by atoms with Crippen molar-refractivity contribution in [2.75, 3.05) is 24.4 Å². The topological polar surface area (TPSA) is 145 Å². The van der Waals surface area contributed by atoms with Crippen LogP contribution in [0.1, 0.15) is 39.2 Å². The summed E-state index contributed by atoms with van der Waals surface area (Å²) >= 11 is 1.49. The fourth-order valence-electron chi connectivity index (χ4n) is 3.73. The van der Waals surface area contributed by atoms with Crippen molar-refractivity contribution in [2.45, 2.75) is 39.7 Å². The standard InChI is InChI=1S/C22H29N3O7S2/c1-13(2)24-34(30,31)12-18(26)19-14(3)23-15(4)20(22(27)32-9-10-33-5)21(19)16-7-6-8-17(11-16)25(28)29/h6-8,11,13,21,23-24H,9-10,12H2,1-5H3. The minimum Gasteiger partial charge on any atom is -0.461 e. The lowest BCUT2D eigenvalue weighted by molar-refractivity contribution is -0.384. The number of rotatable bonds is 11. The summed E-state index contributed by atoms with van der Waals surface area (Å²) in [5.41, 5.74) is 1.01. The molecular weight excluding hydrogens is 482 g/mol. The molecule has 0 saturated carbocycles. The van der Waals surface area contributed by atoms with Crippen molar-refractivity contribution in [3.05, 3.63) is 62.5 Å². The quantitative estimate of drug-likeness (QED) is 0.198. The van der Waals surface area contributed by atoms with Crippen LogP contribution in [0.4, 0.5) is 5.69 Å². The number of hydrogen-bond donors (Lipinski definition) is 2. The van der Waals surface area contributed by atoms with Gasteiger partial charge >= 0.3 is 5.97 Å². The van der Waals surface area contributed by atoms with Gasteiger partial charge in [-0.05, 0) is 39.5 Å². The van der Waals surface area contributed by atoms with Gasteiger partial charge in [0, 0.05) is 46.8 Å². The second kappa shape index (κ2) is 11.6. The zero-order valence-electron chi connectivity index (χ0n) is 19.7. The molecule has 0 fully saturated rings. The summed E-state index contributed by atoms with van der Waals surface area (Å²) in [6.07, 6.45) is 1.86. The van der Waals surface area contributed by atoms with Crippen molar-refractivity contribution in [3.8, 4) is 0 Å². The number of hydrogen-bond acceptors (Lipinski definition) is 9. The Hall–Kier alpha value is -2.70. The summed E-state index contributed by atoms with van der Waals surface area (Å²) in [4.78, 5) is 37.2. The van der Waals surface area contributed by atoms with Gasteiger partial charge in [0.2, 0.25) is 10.0 Å². The molecule has 0 spiro atoms. The number of ketones is 1. The number of nitro benzene ring substituents is 1. The van der Waals surface area contributed by atoms with Crippen molar-refractivity contribution in [3.63, 3.8) is 0 Å². The van der Waals surface area contributed by atoms with Crippen LogP contribution in [-0.4, -0.2) is 55.5 Å². The van der Waals surface area contributed by atoms with Gasteiger partial charge in [-0.1, -0.05) is 12.1 Å². The van der Waals surface area contributed by atoms with Crippen molar-refractivity contribution in [1.82, 2.24) is 10.0 Å². The molecule has 1 atom stereocenters. The van der Waals surface area contributed by atoms with E-state index in [9.17, 15) is 28.1 Å². The van der Waals surface area contributed by atoms with Crippen molar-refractivity contribution < 1.29 is 27.7 Å². The summed E-state index contributed by atoms with van der Waals surface area (Å²) in [6, 6.07) is 5.18. The Balaban J connectivity index is 2.61. The van der Waals surface area contributed by atoms with Crippen LogP contribution < -0.4 is 10.0 Å². The lowest BCUT2D eigenvalue weighted by atomic mass is 9.79. The van der Waals surface area contributed by atoms with E-state index in [1.807, 2.05) is 6.26 Å². The second-order valence-electron chi connectivity index (χ2n) is 8.07. The van der Waals surface area contributed by atoms with Gasteiger partial charge in [0.1, 0.15) is 12.4 Å². The van der Waals surface area contributed by atoms with E-state index in [1.165, 1.54) is 30.0 Å². The number of nitrogens with one attached hydrogen (secondary N) is 2. The molecule has 1 aliphatic rings. The third-order valence-electron chi connectivity index (χ3n) is 4.95. The number of thioether (sulfide) groups is 1. The first-order valence-corrected chi connectivity index (χ1v) is 13.5. The number of dihydropyridines is 1. The molecule has 186 valence electrons. The third kappa shape index (κ3) is 6.90. The Morgan fingerprint density at radius 2 is 1.88 bits per heavy atom. The summed E-state index contributed by atoms with van der Waals surface area (Å²) in [7, 11) is -3.95. The van der Waals surface area contributed by atoms with Crippen LogP contribution in [0.15, 0.2) is 46.8 Å². The molecule has 1 aromatic carbocycles. The molecule has 1 aliphatic heterocycles. The summed E-state index contributed by atoms with van der Waals surface area (Å²) < 4.78 is 32.7. The smallest absolute Gasteiger partial charge is 0.336 e. The summed E-state index contributed by atoms with van der Waals surface area (Å²) in [6.45, 7) is 6.64. The number of esters is 1. The van der Waals surface area contributed by atoms with E-state index >= 15 is 0 Å². The van der Waals surface area contributed by atoms with Gasteiger partial charge in [-0.3, -0.25) is 14.9 Å². The Kier molecular flexibility index (Phi) is 9.42. The lowest BCUT2D eigenvalue weighted by Crippen LogP contribution is -2.38. The van der Waals surface area contributed by atoms with E-state index in [4.69, 9.17) is 4.74 Å². The second-order valence-corrected chi connectivity index (χ2v) is 10.8. The van der Waals surface area contributed by atoms with Crippen molar-refractivity contribution in [1.29, 1.82) is 0 Å². The number of benzene rings is 1. The van der Waals surface area contributed by atoms with Crippen LogP contribution in [0.5, 0.6) is 0 Å². The van der Waals surface area contributed by atoms with Crippen molar-refractivity contribution >= 4 is 39.2 Å². The fourth-order valence-corrected chi connectivity index (χ4v) is 5.28. The number of carbonyl (C=O) groups excluding carboxylic acids is 2. The van der Waals surface area contributed by atoms with Crippen LogP contribution in [0.3, 0.4) is 0 Å². The molecular formula is C22H29N3O7S2. The van der Waals surface area contributed by atoms with E-state index in [1.54, 1.807) is 33.8 Å². The predicted octanol–water partition coefficient (Wildman–Crippen LogP) is 2.63. The highest BCUT2D eigenvalue weighted by Crippen LogP contribution is 2.40. The van der Waals surface area contributed by atoms with Crippen LogP contribution in [0, 0.1) is 10.1 Å². The normalized spacial score (nSPS) is 16.5. The largest absolute Gasteiger partial charge is 0.461 e. The molecule has 34 heavy (non-hydrogen) atoms. The number of sulfonamides is 1. The number of nitrogens with zero attached hydrogens (tertiary/aromatic N) is 1. The molecule has 1 heterocycles. The van der Waals surface area contributed by atoms with Gasteiger partial charge in [-0.15, -0.1) is 0 Å². The number of non-ortho nitro benzene ring substituents is 1.